The zero-order valence-corrected chi connectivity index (χ0v) is 19.1. The number of para-hydroxylation sites is 1. The molecule has 0 saturated heterocycles. The van der Waals surface area contributed by atoms with Crippen LogP contribution in [-0.2, 0) is 24.3 Å². The maximum atomic E-state index is 12.8. The van der Waals surface area contributed by atoms with Gasteiger partial charge in [0.05, 0.1) is 12.5 Å². The molecule has 10 heteroatoms. The molecular weight excluding hydrogens is 438 g/mol. The van der Waals surface area contributed by atoms with Gasteiger partial charge in [-0.15, -0.1) is 11.3 Å². The quantitative estimate of drug-likeness (QED) is 0.474. The Bertz CT molecular complexity index is 1000. The number of amides is 1. The highest BCUT2D eigenvalue weighted by atomic mass is 32.2. The first-order valence-electron chi connectivity index (χ1n) is 9.70. The number of carbonyl (C=O) groups is 2. The number of hydrogen-bond acceptors (Lipinski definition) is 7. The van der Waals surface area contributed by atoms with Gasteiger partial charge in [-0.3, -0.25) is 9.59 Å². The lowest BCUT2D eigenvalue weighted by Gasteiger charge is -2.25. The Hall–Kier alpha value is -2.74. The van der Waals surface area contributed by atoms with Crippen LogP contribution in [0, 0.1) is 11.3 Å². The molecule has 0 radical (unpaired) electrons. The fourth-order valence-electron chi connectivity index (χ4n) is 2.79. The minimum absolute atomic E-state index is 0.0224. The Balaban J connectivity index is 1.88. The molecule has 0 fully saturated rings. The zero-order chi connectivity index (χ0) is 22.9. The monoisotopic (exact) mass is 463 g/mol. The third kappa shape index (κ3) is 6.89. The Morgan fingerprint density at radius 3 is 2.48 bits per heavy atom. The molecule has 166 valence electrons. The van der Waals surface area contributed by atoms with Crippen LogP contribution >= 0.6 is 11.3 Å². The molecule has 1 amide bonds. The van der Waals surface area contributed by atoms with Crippen molar-refractivity contribution in [3.05, 3.63) is 47.8 Å². The van der Waals surface area contributed by atoms with Crippen molar-refractivity contribution in [2.75, 3.05) is 25.0 Å². The molecule has 8 nitrogen and oxygen atoms in total. The number of anilines is 1. The van der Waals surface area contributed by atoms with Gasteiger partial charge in [-0.25, -0.2) is 12.7 Å². The molecule has 0 spiro atoms. The smallest absolute Gasteiger partial charge is 0.306 e. The van der Waals surface area contributed by atoms with Gasteiger partial charge in [-0.2, -0.15) is 5.26 Å². The van der Waals surface area contributed by atoms with Gasteiger partial charge in [0.25, 0.3) is 15.9 Å². The SMILES string of the molecule is CC(OC(=O)CCCN(C)S(=O)(=O)c1cccs1)C(=O)N(CCC#N)c1ccccc1. The maximum absolute atomic E-state index is 12.8. The van der Waals surface area contributed by atoms with E-state index in [1.807, 2.05) is 12.1 Å². The van der Waals surface area contributed by atoms with E-state index in [0.29, 0.717) is 5.69 Å². The molecule has 0 aliphatic rings. The van der Waals surface area contributed by atoms with E-state index in [2.05, 4.69) is 0 Å². The van der Waals surface area contributed by atoms with Crippen LogP contribution in [0.15, 0.2) is 52.1 Å². The van der Waals surface area contributed by atoms with E-state index in [1.165, 1.54) is 29.2 Å². The molecule has 2 rings (SSSR count). The third-order valence-electron chi connectivity index (χ3n) is 4.45. The Morgan fingerprint density at radius 2 is 1.87 bits per heavy atom. The van der Waals surface area contributed by atoms with Gasteiger partial charge in [-0.1, -0.05) is 24.3 Å². The van der Waals surface area contributed by atoms with E-state index < -0.39 is 28.0 Å². The van der Waals surface area contributed by atoms with Gasteiger partial charge in [0.2, 0.25) is 0 Å². The van der Waals surface area contributed by atoms with E-state index in [0.717, 1.165) is 11.3 Å². The highest BCUT2D eigenvalue weighted by Gasteiger charge is 2.25. The highest BCUT2D eigenvalue weighted by molar-refractivity contribution is 7.91. The van der Waals surface area contributed by atoms with E-state index >= 15 is 0 Å². The number of nitriles is 1. The summed E-state index contributed by atoms with van der Waals surface area (Å²) in [4.78, 5) is 26.4. The van der Waals surface area contributed by atoms with E-state index in [-0.39, 0.29) is 36.6 Å². The summed E-state index contributed by atoms with van der Waals surface area (Å²) in [5.41, 5.74) is 0.617. The first-order valence-corrected chi connectivity index (χ1v) is 12.0. The predicted octanol–water partition coefficient (Wildman–Crippen LogP) is 3.03. The van der Waals surface area contributed by atoms with Crippen LogP contribution in [0.2, 0.25) is 0 Å². The Kier molecular flexibility index (Phi) is 9.18. The number of carbonyl (C=O) groups excluding carboxylic acids is 2. The second kappa shape index (κ2) is 11.6. The molecule has 1 aromatic carbocycles. The van der Waals surface area contributed by atoms with Crippen LogP contribution in [0.3, 0.4) is 0 Å². The fourth-order valence-corrected chi connectivity index (χ4v) is 5.20. The Labute approximate surface area is 186 Å². The summed E-state index contributed by atoms with van der Waals surface area (Å²) in [7, 11) is -2.11. The number of hydrogen-bond donors (Lipinski definition) is 0. The molecular formula is C21H25N3O5S2. The summed E-state index contributed by atoms with van der Waals surface area (Å²) in [5, 5.41) is 10.6. The standard InChI is InChI=1S/C21H25N3O5S2/c1-17(21(26)24(15-8-13-22)18-9-4-3-5-10-18)29-19(25)11-6-14-23(2)31(27,28)20-12-7-16-30-20/h3-5,7,9-10,12,16-17H,6,8,11,14-15H2,1-2H3. The minimum Gasteiger partial charge on any atom is -0.453 e. The van der Waals surface area contributed by atoms with Gasteiger partial charge >= 0.3 is 5.97 Å². The van der Waals surface area contributed by atoms with E-state index in [4.69, 9.17) is 10.00 Å². The molecule has 1 heterocycles. The molecule has 31 heavy (non-hydrogen) atoms. The summed E-state index contributed by atoms with van der Waals surface area (Å²) < 4.78 is 31.5. The summed E-state index contributed by atoms with van der Waals surface area (Å²) in [6.45, 7) is 1.82. The average Bonchev–Trinajstić information content (AvgIpc) is 3.30. The molecule has 0 bridgehead atoms. The fraction of sp³-hybridized carbons (Fsp3) is 0.381. The third-order valence-corrected chi connectivity index (χ3v) is 7.68. The lowest BCUT2D eigenvalue weighted by molar-refractivity contribution is -0.154. The predicted molar refractivity (Wildman–Crippen MR) is 118 cm³/mol. The number of benzene rings is 1. The molecule has 1 unspecified atom stereocenters. The number of thiophene rings is 1. The number of sulfonamides is 1. The van der Waals surface area contributed by atoms with Crippen molar-refractivity contribution < 1.29 is 22.7 Å². The molecule has 0 N–H and O–H groups in total. The molecule has 0 aliphatic heterocycles. The lowest BCUT2D eigenvalue weighted by atomic mass is 10.2. The van der Waals surface area contributed by atoms with Crippen molar-refractivity contribution in [1.82, 2.24) is 4.31 Å². The largest absolute Gasteiger partial charge is 0.453 e. The molecule has 1 aromatic heterocycles. The van der Waals surface area contributed by atoms with Gasteiger partial charge in [0.15, 0.2) is 6.10 Å². The first-order chi connectivity index (χ1) is 14.8. The minimum atomic E-state index is -3.57. The van der Waals surface area contributed by atoms with Gasteiger partial charge in [0, 0.05) is 32.2 Å². The van der Waals surface area contributed by atoms with Crippen molar-refractivity contribution in [3.8, 4) is 6.07 Å². The molecule has 0 saturated carbocycles. The van der Waals surface area contributed by atoms with Crippen LogP contribution < -0.4 is 4.90 Å². The topological polar surface area (TPSA) is 108 Å². The number of nitrogens with zero attached hydrogens (tertiary/aromatic N) is 3. The highest BCUT2D eigenvalue weighted by Crippen LogP contribution is 2.20. The summed E-state index contributed by atoms with van der Waals surface area (Å²) >= 11 is 1.13. The molecule has 2 aromatic rings. The van der Waals surface area contributed by atoms with Crippen LogP contribution in [0.1, 0.15) is 26.2 Å². The average molecular weight is 464 g/mol. The van der Waals surface area contributed by atoms with Gasteiger partial charge in [-0.05, 0) is 36.9 Å². The Morgan fingerprint density at radius 1 is 1.16 bits per heavy atom. The van der Waals surface area contributed by atoms with Crippen molar-refractivity contribution in [1.29, 1.82) is 5.26 Å². The van der Waals surface area contributed by atoms with E-state index in [1.54, 1.807) is 35.7 Å². The van der Waals surface area contributed by atoms with Crippen molar-refractivity contribution >= 4 is 38.9 Å². The number of esters is 1. The molecule has 1 atom stereocenters. The van der Waals surface area contributed by atoms with Crippen molar-refractivity contribution in [2.24, 2.45) is 0 Å². The van der Waals surface area contributed by atoms with Crippen LogP contribution in [-0.4, -0.2) is 50.8 Å². The number of rotatable bonds is 11. The first kappa shape index (κ1) is 24.5. The molecule has 0 aliphatic carbocycles. The second-order valence-electron chi connectivity index (χ2n) is 6.73. The number of ether oxygens (including phenoxy) is 1. The van der Waals surface area contributed by atoms with Gasteiger partial charge < -0.3 is 9.64 Å². The van der Waals surface area contributed by atoms with Crippen molar-refractivity contribution in [3.63, 3.8) is 0 Å². The normalized spacial score (nSPS) is 12.2. The zero-order valence-electron chi connectivity index (χ0n) is 17.4. The lowest BCUT2D eigenvalue weighted by Crippen LogP contribution is -2.40. The summed E-state index contributed by atoms with van der Waals surface area (Å²) in [5.74, 6) is -1.01. The summed E-state index contributed by atoms with van der Waals surface area (Å²) in [6, 6.07) is 14.1. The van der Waals surface area contributed by atoms with Crippen LogP contribution in [0.5, 0.6) is 0 Å². The van der Waals surface area contributed by atoms with Crippen LogP contribution in [0.25, 0.3) is 0 Å². The van der Waals surface area contributed by atoms with E-state index in [9.17, 15) is 18.0 Å². The second-order valence-corrected chi connectivity index (χ2v) is 9.95. The van der Waals surface area contributed by atoms with Crippen molar-refractivity contribution in [2.45, 2.75) is 36.5 Å². The maximum Gasteiger partial charge on any atom is 0.306 e. The van der Waals surface area contributed by atoms with Crippen LogP contribution in [0.4, 0.5) is 5.69 Å². The van der Waals surface area contributed by atoms with Gasteiger partial charge in [0.1, 0.15) is 4.21 Å². The summed E-state index contributed by atoms with van der Waals surface area (Å²) in [6.07, 6.45) is -0.644.